The molecule has 0 aliphatic rings. The number of carbonyl (C=O) groups is 1. The number of methoxy groups -OCH3 is 1. The van der Waals surface area contributed by atoms with Gasteiger partial charge >= 0.3 is 0 Å². The van der Waals surface area contributed by atoms with E-state index < -0.39 is 0 Å². The van der Waals surface area contributed by atoms with Gasteiger partial charge in [0, 0.05) is 17.4 Å². The zero-order valence-corrected chi connectivity index (χ0v) is 14.9. The standard InChI is InChI=1S/C20H20N4O2/c1-13-6-4-7-14(2)19(13)24-20(25)17-11-22-18(12-21-17)23-15-8-5-9-16(10-15)26-3/h4-12H,1-3H3,(H,22,23)(H,24,25). The Kier molecular flexibility index (Phi) is 5.12. The van der Waals surface area contributed by atoms with Gasteiger partial charge < -0.3 is 15.4 Å². The summed E-state index contributed by atoms with van der Waals surface area (Å²) in [5, 5.41) is 6.03. The minimum atomic E-state index is -0.289. The van der Waals surface area contributed by atoms with E-state index in [1.807, 2.05) is 56.3 Å². The van der Waals surface area contributed by atoms with Gasteiger partial charge in [0.05, 0.1) is 19.5 Å². The third-order valence-electron chi connectivity index (χ3n) is 3.95. The van der Waals surface area contributed by atoms with E-state index in [1.54, 1.807) is 7.11 Å². The first-order chi connectivity index (χ1) is 12.6. The normalized spacial score (nSPS) is 10.3. The van der Waals surface area contributed by atoms with Crippen molar-refractivity contribution in [1.29, 1.82) is 0 Å². The number of hydrogen-bond donors (Lipinski definition) is 2. The predicted molar refractivity (Wildman–Crippen MR) is 102 cm³/mol. The number of anilines is 3. The van der Waals surface area contributed by atoms with Crippen LogP contribution in [0.25, 0.3) is 0 Å². The van der Waals surface area contributed by atoms with Crippen molar-refractivity contribution in [2.75, 3.05) is 17.7 Å². The molecule has 0 fully saturated rings. The topological polar surface area (TPSA) is 76.1 Å². The third kappa shape index (κ3) is 3.97. The number of ether oxygens (including phenoxy) is 1. The van der Waals surface area contributed by atoms with Gasteiger partial charge in [0.1, 0.15) is 17.3 Å². The van der Waals surface area contributed by atoms with Crippen LogP contribution in [0, 0.1) is 13.8 Å². The first kappa shape index (κ1) is 17.4. The molecule has 2 N–H and O–H groups in total. The van der Waals surface area contributed by atoms with E-state index in [9.17, 15) is 4.79 Å². The summed E-state index contributed by atoms with van der Waals surface area (Å²) >= 11 is 0. The van der Waals surface area contributed by atoms with Crippen LogP contribution < -0.4 is 15.4 Å². The molecule has 0 unspecified atom stereocenters. The van der Waals surface area contributed by atoms with Crippen molar-refractivity contribution in [3.8, 4) is 5.75 Å². The zero-order chi connectivity index (χ0) is 18.5. The van der Waals surface area contributed by atoms with E-state index in [0.29, 0.717) is 5.82 Å². The minimum Gasteiger partial charge on any atom is -0.497 e. The number of benzene rings is 2. The number of aryl methyl sites for hydroxylation is 2. The molecular formula is C20H20N4O2. The van der Waals surface area contributed by atoms with Gasteiger partial charge in [-0.15, -0.1) is 0 Å². The number of hydrogen-bond acceptors (Lipinski definition) is 5. The maximum atomic E-state index is 12.4. The van der Waals surface area contributed by atoms with Crippen molar-refractivity contribution in [1.82, 2.24) is 9.97 Å². The molecule has 0 spiro atoms. The molecule has 6 nitrogen and oxygen atoms in total. The second-order valence-corrected chi connectivity index (χ2v) is 5.86. The molecule has 1 aromatic heterocycles. The van der Waals surface area contributed by atoms with Crippen molar-refractivity contribution in [3.63, 3.8) is 0 Å². The third-order valence-corrected chi connectivity index (χ3v) is 3.95. The Morgan fingerprint density at radius 1 is 1.00 bits per heavy atom. The van der Waals surface area contributed by atoms with Crippen molar-refractivity contribution >= 4 is 23.1 Å². The van der Waals surface area contributed by atoms with Crippen molar-refractivity contribution < 1.29 is 9.53 Å². The highest BCUT2D eigenvalue weighted by molar-refractivity contribution is 6.03. The average Bonchev–Trinajstić information content (AvgIpc) is 2.65. The van der Waals surface area contributed by atoms with E-state index in [-0.39, 0.29) is 11.6 Å². The molecule has 6 heteroatoms. The fourth-order valence-electron chi connectivity index (χ4n) is 2.55. The summed E-state index contributed by atoms with van der Waals surface area (Å²) in [5.74, 6) is 0.997. The number of rotatable bonds is 5. The second-order valence-electron chi connectivity index (χ2n) is 5.86. The Hall–Kier alpha value is -3.41. The molecule has 26 heavy (non-hydrogen) atoms. The van der Waals surface area contributed by atoms with Crippen LogP contribution in [0.3, 0.4) is 0 Å². The van der Waals surface area contributed by atoms with Crippen molar-refractivity contribution in [3.05, 3.63) is 71.7 Å². The molecule has 2 aromatic carbocycles. The van der Waals surface area contributed by atoms with E-state index in [4.69, 9.17) is 4.74 Å². The Bertz CT molecular complexity index is 903. The first-order valence-electron chi connectivity index (χ1n) is 8.17. The molecular weight excluding hydrogens is 328 g/mol. The Balaban J connectivity index is 1.71. The Labute approximate surface area is 152 Å². The molecule has 1 amide bonds. The fourth-order valence-corrected chi connectivity index (χ4v) is 2.55. The van der Waals surface area contributed by atoms with E-state index >= 15 is 0 Å². The van der Waals surface area contributed by atoms with Crippen LogP contribution >= 0.6 is 0 Å². The van der Waals surface area contributed by atoms with Gasteiger partial charge in [-0.05, 0) is 37.1 Å². The highest BCUT2D eigenvalue weighted by Crippen LogP contribution is 2.21. The smallest absolute Gasteiger partial charge is 0.275 e. The summed E-state index contributed by atoms with van der Waals surface area (Å²) in [4.78, 5) is 20.9. The molecule has 3 rings (SSSR count). The van der Waals surface area contributed by atoms with Gasteiger partial charge in [-0.2, -0.15) is 0 Å². The lowest BCUT2D eigenvalue weighted by atomic mass is 10.1. The number of para-hydroxylation sites is 1. The lowest BCUT2D eigenvalue weighted by Crippen LogP contribution is -2.15. The molecule has 3 aromatic rings. The minimum absolute atomic E-state index is 0.254. The van der Waals surface area contributed by atoms with Crippen molar-refractivity contribution in [2.45, 2.75) is 13.8 Å². The van der Waals surface area contributed by atoms with Crippen LogP contribution in [-0.4, -0.2) is 23.0 Å². The highest BCUT2D eigenvalue weighted by atomic mass is 16.5. The molecule has 0 saturated heterocycles. The first-order valence-corrected chi connectivity index (χ1v) is 8.17. The van der Waals surface area contributed by atoms with Crippen LogP contribution in [0.2, 0.25) is 0 Å². The lowest BCUT2D eigenvalue weighted by Gasteiger charge is -2.11. The number of nitrogens with zero attached hydrogens (tertiary/aromatic N) is 2. The van der Waals surface area contributed by atoms with Crippen LogP contribution in [0.5, 0.6) is 5.75 Å². The SMILES string of the molecule is COc1cccc(Nc2cnc(C(=O)Nc3c(C)cccc3C)cn2)c1. The fraction of sp³-hybridized carbons (Fsp3) is 0.150. The summed E-state index contributed by atoms with van der Waals surface area (Å²) in [6.45, 7) is 3.91. The summed E-state index contributed by atoms with van der Waals surface area (Å²) in [6, 6.07) is 13.3. The van der Waals surface area contributed by atoms with Crippen LogP contribution in [0.15, 0.2) is 54.9 Å². The van der Waals surface area contributed by atoms with E-state index in [2.05, 4.69) is 20.6 Å². The molecule has 132 valence electrons. The Morgan fingerprint density at radius 3 is 2.38 bits per heavy atom. The zero-order valence-electron chi connectivity index (χ0n) is 14.9. The molecule has 0 atom stereocenters. The highest BCUT2D eigenvalue weighted by Gasteiger charge is 2.11. The average molecular weight is 348 g/mol. The maximum Gasteiger partial charge on any atom is 0.275 e. The van der Waals surface area contributed by atoms with Crippen LogP contribution in [0.1, 0.15) is 21.6 Å². The van der Waals surface area contributed by atoms with Gasteiger partial charge in [-0.25, -0.2) is 9.97 Å². The monoisotopic (exact) mass is 348 g/mol. The number of carbonyl (C=O) groups excluding carboxylic acids is 1. The summed E-state index contributed by atoms with van der Waals surface area (Å²) in [7, 11) is 1.61. The predicted octanol–water partition coefficient (Wildman–Crippen LogP) is 4.10. The van der Waals surface area contributed by atoms with E-state index in [1.165, 1.54) is 12.4 Å². The number of nitrogens with one attached hydrogen (secondary N) is 2. The molecule has 0 saturated carbocycles. The van der Waals surface area contributed by atoms with Crippen LogP contribution in [-0.2, 0) is 0 Å². The quantitative estimate of drug-likeness (QED) is 0.726. The van der Waals surface area contributed by atoms with Crippen molar-refractivity contribution in [2.24, 2.45) is 0 Å². The Morgan fingerprint density at radius 2 is 1.73 bits per heavy atom. The number of aromatic nitrogens is 2. The van der Waals surface area contributed by atoms with Gasteiger partial charge in [0.25, 0.3) is 5.91 Å². The molecule has 0 bridgehead atoms. The molecule has 1 heterocycles. The maximum absolute atomic E-state index is 12.4. The second kappa shape index (κ2) is 7.65. The van der Waals surface area contributed by atoms with Gasteiger partial charge in [0.15, 0.2) is 0 Å². The molecule has 0 aliphatic heterocycles. The van der Waals surface area contributed by atoms with Gasteiger partial charge in [0.2, 0.25) is 0 Å². The summed E-state index contributed by atoms with van der Waals surface area (Å²) < 4.78 is 5.19. The van der Waals surface area contributed by atoms with Gasteiger partial charge in [-0.3, -0.25) is 4.79 Å². The largest absolute Gasteiger partial charge is 0.497 e. The number of amides is 1. The summed E-state index contributed by atoms with van der Waals surface area (Å²) in [6.07, 6.45) is 2.98. The van der Waals surface area contributed by atoms with Gasteiger partial charge in [-0.1, -0.05) is 24.3 Å². The summed E-state index contributed by atoms with van der Waals surface area (Å²) in [5.41, 5.74) is 3.89. The molecule has 0 aliphatic carbocycles. The van der Waals surface area contributed by atoms with Crippen LogP contribution in [0.4, 0.5) is 17.2 Å². The molecule has 0 radical (unpaired) electrons. The van der Waals surface area contributed by atoms with E-state index in [0.717, 1.165) is 28.3 Å². The lowest BCUT2D eigenvalue weighted by molar-refractivity contribution is 0.102.